The van der Waals surface area contributed by atoms with Gasteiger partial charge < -0.3 is 20.3 Å². The number of amides is 1. The van der Waals surface area contributed by atoms with Gasteiger partial charge in [-0.1, -0.05) is 6.07 Å². The Bertz CT molecular complexity index is 935. The summed E-state index contributed by atoms with van der Waals surface area (Å²) in [4.78, 5) is 23.1. The summed E-state index contributed by atoms with van der Waals surface area (Å²) in [5.41, 5.74) is 2.58. The van der Waals surface area contributed by atoms with Gasteiger partial charge in [0, 0.05) is 38.6 Å². The van der Waals surface area contributed by atoms with Crippen molar-refractivity contribution in [1.82, 2.24) is 30.3 Å². The number of aromatic nitrogens is 3. The van der Waals surface area contributed by atoms with Crippen LogP contribution in [0.15, 0.2) is 29.4 Å². The minimum Gasteiger partial charge on any atom is -0.444 e. The first kappa shape index (κ1) is 25.9. The molecule has 1 saturated heterocycles. The van der Waals surface area contributed by atoms with Crippen LogP contribution >= 0.6 is 24.0 Å². The highest BCUT2D eigenvalue weighted by Crippen LogP contribution is 2.13. The van der Waals surface area contributed by atoms with Gasteiger partial charge in [0.2, 0.25) is 0 Å². The SMILES string of the molecule is CN=C(NCc1ccc(-n2nc(C)cc2C)nc1)N1CCC(NC(=O)OC(C)(C)C)C1.I. The maximum absolute atomic E-state index is 12.0. The topological polar surface area (TPSA) is 96.7 Å². The summed E-state index contributed by atoms with van der Waals surface area (Å²) in [5, 5.41) is 10.8. The fourth-order valence-corrected chi connectivity index (χ4v) is 3.57. The van der Waals surface area contributed by atoms with Crippen LogP contribution in [0.4, 0.5) is 4.79 Å². The van der Waals surface area contributed by atoms with Crippen molar-refractivity contribution in [3.8, 4) is 5.82 Å². The molecule has 9 nitrogen and oxygen atoms in total. The molecule has 0 saturated carbocycles. The molecule has 1 fully saturated rings. The van der Waals surface area contributed by atoms with Gasteiger partial charge in [0.1, 0.15) is 5.60 Å². The zero-order valence-corrected chi connectivity index (χ0v) is 22.0. The Morgan fingerprint density at radius 1 is 1.31 bits per heavy atom. The third-order valence-electron chi connectivity index (χ3n) is 4.91. The zero-order chi connectivity index (χ0) is 22.6. The number of hydrogen-bond donors (Lipinski definition) is 2. The van der Waals surface area contributed by atoms with Crippen molar-refractivity contribution in [2.75, 3.05) is 20.1 Å². The van der Waals surface area contributed by atoms with Gasteiger partial charge in [-0.3, -0.25) is 4.99 Å². The number of ether oxygens (including phenoxy) is 1. The van der Waals surface area contributed by atoms with Gasteiger partial charge >= 0.3 is 6.09 Å². The monoisotopic (exact) mass is 555 g/mol. The molecule has 2 aromatic heterocycles. The van der Waals surface area contributed by atoms with E-state index in [1.165, 1.54) is 0 Å². The number of nitrogens with zero attached hydrogens (tertiary/aromatic N) is 5. The first-order valence-electron chi connectivity index (χ1n) is 10.6. The van der Waals surface area contributed by atoms with Crippen molar-refractivity contribution in [1.29, 1.82) is 0 Å². The normalized spacial score (nSPS) is 16.5. The fourth-order valence-electron chi connectivity index (χ4n) is 3.57. The molecule has 0 aliphatic carbocycles. The van der Waals surface area contributed by atoms with Gasteiger partial charge in [-0.2, -0.15) is 5.10 Å². The van der Waals surface area contributed by atoms with Gasteiger partial charge in [-0.15, -0.1) is 24.0 Å². The quantitative estimate of drug-likeness (QED) is 0.342. The highest BCUT2D eigenvalue weighted by Gasteiger charge is 2.27. The van der Waals surface area contributed by atoms with Crippen LogP contribution in [-0.2, 0) is 11.3 Å². The van der Waals surface area contributed by atoms with E-state index in [1.54, 1.807) is 7.05 Å². The van der Waals surface area contributed by atoms with Gasteiger partial charge in [-0.05, 0) is 58.7 Å². The summed E-state index contributed by atoms with van der Waals surface area (Å²) >= 11 is 0. The fraction of sp³-hybridized carbons (Fsp3) is 0.545. The average molecular weight is 555 g/mol. The van der Waals surface area contributed by atoms with E-state index in [9.17, 15) is 4.79 Å². The molecule has 176 valence electrons. The molecule has 3 rings (SSSR count). The van der Waals surface area contributed by atoms with Crippen molar-refractivity contribution in [3.05, 3.63) is 41.3 Å². The Morgan fingerprint density at radius 3 is 2.62 bits per heavy atom. The van der Waals surface area contributed by atoms with Crippen molar-refractivity contribution >= 4 is 36.0 Å². The van der Waals surface area contributed by atoms with Crippen LogP contribution in [0.3, 0.4) is 0 Å². The maximum atomic E-state index is 12.0. The molecule has 1 aliphatic heterocycles. The van der Waals surface area contributed by atoms with E-state index >= 15 is 0 Å². The molecule has 1 amide bonds. The number of nitrogens with one attached hydrogen (secondary N) is 2. The van der Waals surface area contributed by atoms with Crippen LogP contribution in [0, 0.1) is 13.8 Å². The van der Waals surface area contributed by atoms with Gasteiger partial charge in [0.15, 0.2) is 11.8 Å². The molecule has 2 aromatic rings. The number of carbonyl (C=O) groups excluding carboxylic acids is 1. The Hall–Kier alpha value is -2.37. The predicted molar refractivity (Wildman–Crippen MR) is 136 cm³/mol. The first-order chi connectivity index (χ1) is 14.6. The summed E-state index contributed by atoms with van der Waals surface area (Å²) in [7, 11) is 1.77. The molecule has 0 spiro atoms. The van der Waals surface area contributed by atoms with E-state index in [-0.39, 0.29) is 36.1 Å². The minimum absolute atomic E-state index is 0. The van der Waals surface area contributed by atoms with Crippen LogP contribution in [0.1, 0.15) is 44.1 Å². The molecule has 0 radical (unpaired) electrons. The number of pyridine rings is 1. The Kier molecular flexibility index (Phi) is 8.88. The Balaban J connectivity index is 0.00000363. The first-order valence-corrected chi connectivity index (χ1v) is 10.6. The van der Waals surface area contributed by atoms with Crippen molar-refractivity contribution in [2.24, 2.45) is 4.99 Å². The summed E-state index contributed by atoms with van der Waals surface area (Å²) < 4.78 is 7.19. The molecule has 1 atom stereocenters. The maximum Gasteiger partial charge on any atom is 0.407 e. The highest BCUT2D eigenvalue weighted by molar-refractivity contribution is 14.0. The summed E-state index contributed by atoms with van der Waals surface area (Å²) in [6, 6.07) is 6.07. The molecule has 2 N–H and O–H groups in total. The lowest BCUT2D eigenvalue weighted by atomic mass is 10.2. The van der Waals surface area contributed by atoms with Crippen LogP contribution in [0.25, 0.3) is 5.82 Å². The van der Waals surface area contributed by atoms with Crippen LogP contribution in [-0.4, -0.2) is 63.5 Å². The van der Waals surface area contributed by atoms with E-state index in [1.807, 2.05) is 63.7 Å². The number of likely N-dealkylation sites (tertiary alicyclic amines) is 1. The summed E-state index contributed by atoms with van der Waals surface area (Å²) in [6.45, 7) is 11.7. The second-order valence-corrected chi connectivity index (χ2v) is 8.84. The van der Waals surface area contributed by atoms with Crippen molar-refractivity contribution < 1.29 is 9.53 Å². The average Bonchev–Trinajstić information content (AvgIpc) is 3.27. The minimum atomic E-state index is -0.501. The third kappa shape index (κ3) is 7.07. The lowest BCUT2D eigenvalue weighted by Crippen LogP contribution is -2.44. The molecule has 32 heavy (non-hydrogen) atoms. The second kappa shape index (κ2) is 11.0. The number of carbonyl (C=O) groups is 1. The molecule has 10 heteroatoms. The van der Waals surface area contributed by atoms with Gasteiger partial charge in [0.25, 0.3) is 0 Å². The molecular weight excluding hydrogens is 521 g/mol. The number of guanidine groups is 1. The standard InChI is InChI=1S/C22H33N7O2.HI/c1-15-11-16(2)29(27-15)19-8-7-17(12-24-19)13-25-20(23-6)28-10-9-18(14-28)26-21(30)31-22(3,4)5;/h7-8,11-12,18H,9-10,13-14H2,1-6H3,(H,23,25)(H,26,30);1H. The van der Waals surface area contributed by atoms with E-state index in [0.29, 0.717) is 13.1 Å². The number of aryl methyl sites for hydroxylation is 2. The van der Waals surface area contributed by atoms with E-state index < -0.39 is 5.60 Å². The highest BCUT2D eigenvalue weighted by atomic mass is 127. The lowest BCUT2D eigenvalue weighted by molar-refractivity contribution is 0.0507. The zero-order valence-electron chi connectivity index (χ0n) is 19.7. The Labute approximate surface area is 207 Å². The number of alkyl carbamates (subject to hydrolysis) is 1. The lowest BCUT2D eigenvalue weighted by Gasteiger charge is -2.23. The van der Waals surface area contributed by atoms with Crippen molar-refractivity contribution in [3.63, 3.8) is 0 Å². The van der Waals surface area contributed by atoms with Gasteiger partial charge in [0.05, 0.1) is 11.7 Å². The molecule has 0 aromatic carbocycles. The molecule has 1 unspecified atom stereocenters. The van der Waals surface area contributed by atoms with Crippen LogP contribution in [0.5, 0.6) is 0 Å². The third-order valence-corrected chi connectivity index (χ3v) is 4.91. The van der Waals surface area contributed by atoms with Gasteiger partial charge in [-0.25, -0.2) is 14.5 Å². The molecule has 0 bridgehead atoms. The number of rotatable bonds is 4. The van der Waals surface area contributed by atoms with Crippen LogP contribution in [0.2, 0.25) is 0 Å². The predicted octanol–water partition coefficient (Wildman–Crippen LogP) is 3.18. The van der Waals surface area contributed by atoms with E-state index in [0.717, 1.165) is 41.7 Å². The smallest absolute Gasteiger partial charge is 0.407 e. The van der Waals surface area contributed by atoms with E-state index in [2.05, 4.69) is 30.6 Å². The largest absolute Gasteiger partial charge is 0.444 e. The number of halogens is 1. The molecule has 3 heterocycles. The van der Waals surface area contributed by atoms with Crippen molar-refractivity contribution in [2.45, 2.75) is 59.2 Å². The summed E-state index contributed by atoms with van der Waals surface area (Å²) in [5.74, 6) is 1.60. The number of aliphatic imine (C=N–C) groups is 1. The second-order valence-electron chi connectivity index (χ2n) is 8.84. The molecular formula is C22H34IN7O2. The van der Waals surface area contributed by atoms with E-state index in [4.69, 9.17) is 4.74 Å². The van der Waals surface area contributed by atoms with Crippen LogP contribution < -0.4 is 10.6 Å². The number of hydrogen-bond acceptors (Lipinski definition) is 5. The Morgan fingerprint density at radius 2 is 2.06 bits per heavy atom. The molecule has 1 aliphatic rings. The summed E-state index contributed by atoms with van der Waals surface area (Å²) in [6.07, 6.45) is 2.32.